The van der Waals surface area contributed by atoms with Crippen LogP contribution in [0.15, 0.2) is 24.5 Å². The molecule has 2 aliphatic rings. The molecule has 0 N–H and O–H groups in total. The van der Waals surface area contributed by atoms with Crippen molar-refractivity contribution in [1.82, 2.24) is 19.9 Å². The third kappa shape index (κ3) is 2.17. The number of fused-ring (bicyclic) bond motifs is 1. The Kier molecular flexibility index (Phi) is 3.05. The molecule has 5 heteroatoms. The summed E-state index contributed by atoms with van der Waals surface area (Å²) in [5.41, 5.74) is 1.78. The standard InChI is InChI=1S/C16H18N4O/c21-16(20(11-3-1-4-11)12-5-2-6-12)14-8-7-13-15(19-14)18-10-9-17-13/h7-12H,1-6H2. The normalized spacial score (nSPS) is 19.0. The molecule has 4 rings (SSSR count). The SMILES string of the molecule is O=C(c1ccc2nccnc2n1)N(C1CCC1)C1CCC1. The highest BCUT2D eigenvalue weighted by atomic mass is 16.2. The largest absolute Gasteiger partial charge is 0.331 e. The van der Waals surface area contributed by atoms with Gasteiger partial charge < -0.3 is 4.90 Å². The summed E-state index contributed by atoms with van der Waals surface area (Å²) in [5.74, 6) is 0.0666. The second-order valence-electron chi connectivity index (χ2n) is 5.98. The molecule has 0 radical (unpaired) electrons. The first-order chi connectivity index (χ1) is 10.3. The van der Waals surface area contributed by atoms with Crippen molar-refractivity contribution in [2.75, 3.05) is 0 Å². The number of hydrogen-bond acceptors (Lipinski definition) is 4. The maximum Gasteiger partial charge on any atom is 0.273 e. The lowest BCUT2D eigenvalue weighted by molar-refractivity contribution is 0.0280. The van der Waals surface area contributed by atoms with Gasteiger partial charge in [-0.2, -0.15) is 0 Å². The Hall–Kier alpha value is -2.04. The van der Waals surface area contributed by atoms with Gasteiger partial charge in [0.15, 0.2) is 5.65 Å². The molecule has 0 atom stereocenters. The smallest absolute Gasteiger partial charge is 0.273 e. The van der Waals surface area contributed by atoms with Crippen LogP contribution in [0, 0.1) is 0 Å². The first kappa shape index (κ1) is 12.7. The molecule has 0 aromatic carbocycles. The lowest BCUT2D eigenvalue weighted by Gasteiger charge is -2.46. The summed E-state index contributed by atoms with van der Waals surface area (Å²) in [6.45, 7) is 0. The Balaban J connectivity index is 1.66. The molecule has 108 valence electrons. The summed E-state index contributed by atoms with van der Waals surface area (Å²) < 4.78 is 0. The van der Waals surface area contributed by atoms with E-state index in [1.807, 2.05) is 6.07 Å². The maximum atomic E-state index is 12.9. The van der Waals surface area contributed by atoms with Gasteiger partial charge in [-0.1, -0.05) is 0 Å². The Morgan fingerprint density at radius 1 is 1.00 bits per heavy atom. The lowest BCUT2D eigenvalue weighted by atomic mass is 9.84. The number of hydrogen-bond donors (Lipinski definition) is 0. The van der Waals surface area contributed by atoms with Gasteiger partial charge >= 0.3 is 0 Å². The van der Waals surface area contributed by atoms with Gasteiger partial charge in [-0.15, -0.1) is 0 Å². The van der Waals surface area contributed by atoms with E-state index in [2.05, 4.69) is 19.9 Å². The van der Waals surface area contributed by atoms with Crippen LogP contribution in [0.2, 0.25) is 0 Å². The van der Waals surface area contributed by atoms with Gasteiger partial charge in [-0.25, -0.2) is 9.97 Å². The van der Waals surface area contributed by atoms with Crippen molar-refractivity contribution in [2.24, 2.45) is 0 Å². The van der Waals surface area contributed by atoms with Gasteiger partial charge in [0.05, 0.1) is 0 Å². The minimum atomic E-state index is 0.0666. The van der Waals surface area contributed by atoms with Gasteiger partial charge in [-0.05, 0) is 50.7 Å². The summed E-state index contributed by atoms with van der Waals surface area (Å²) in [6, 6.07) is 4.45. The molecule has 0 saturated heterocycles. The minimum Gasteiger partial charge on any atom is -0.331 e. The molecule has 0 spiro atoms. The first-order valence-corrected chi connectivity index (χ1v) is 7.73. The average Bonchev–Trinajstić information content (AvgIpc) is 2.41. The van der Waals surface area contributed by atoms with Crippen LogP contribution in [0.1, 0.15) is 49.0 Å². The van der Waals surface area contributed by atoms with Crippen molar-refractivity contribution in [3.8, 4) is 0 Å². The van der Waals surface area contributed by atoms with Crippen molar-refractivity contribution in [3.63, 3.8) is 0 Å². The maximum absolute atomic E-state index is 12.9. The van der Waals surface area contributed by atoms with Gasteiger partial charge in [0.2, 0.25) is 0 Å². The molecular weight excluding hydrogens is 264 g/mol. The number of nitrogens with zero attached hydrogens (tertiary/aromatic N) is 4. The van der Waals surface area contributed by atoms with Crippen LogP contribution in [0.25, 0.3) is 11.2 Å². The van der Waals surface area contributed by atoms with Gasteiger partial charge in [-0.3, -0.25) is 9.78 Å². The number of rotatable bonds is 3. The first-order valence-electron chi connectivity index (χ1n) is 7.73. The quantitative estimate of drug-likeness (QED) is 0.868. The molecule has 2 aromatic rings. The highest BCUT2D eigenvalue weighted by molar-refractivity contribution is 5.94. The molecule has 2 heterocycles. The Morgan fingerprint density at radius 3 is 2.29 bits per heavy atom. The van der Waals surface area contributed by atoms with E-state index in [0.29, 0.717) is 23.4 Å². The molecule has 2 aliphatic carbocycles. The highest BCUT2D eigenvalue weighted by Gasteiger charge is 2.37. The minimum absolute atomic E-state index is 0.0666. The zero-order valence-corrected chi connectivity index (χ0v) is 11.9. The molecule has 2 saturated carbocycles. The fourth-order valence-electron chi connectivity index (χ4n) is 3.07. The molecule has 2 fully saturated rings. The van der Waals surface area contributed by atoms with Crippen molar-refractivity contribution >= 4 is 17.1 Å². The molecule has 5 nitrogen and oxygen atoms in total. The van der Waals surface area contributed by atoms with E-state index in [9.17, 15) is 4.79 Å². The van der Waals surface area contributed by atoms with Crippen LogP contribution < -0.4 is 0 Å². The average molecular weight is 282 g/mol. The van der Waals surface area contributed by atoms with Crippen LogP contribution in [0.3, 0.4) is 0 Å². The fraction of sp³-hybridized carbons (Fsp3) is 0.500. The Morgan fingerprint density at radius 2 is 1.67 bits per heavy atom. The van der Waals surface area contributed by atoms with Crippen molar-refractivity contribution in [2.45, 2.75) is 50.6 Å². The van der Waals surface area contributed by atoms with E-state index in [1.165, 1.54) is 12.8 Å². The van der Waals surface area contributed by atoms with E-state index in [4.69, 9.17) is 0 Å². The summed E-state index contributed by atoms with van der Waals surface area (Å²) in [5, 5.41) is 0. The summed E-state index contributed by atoms with van der Waals surface area (Å²) in [6.07, 6.45) is 10.3. The predicted octanol–water partition coefficient (Wildman–Crippen LogP) is 2.57. The number of pyridine rings is 1. The van der Waals surface area contributed by atoms with Gasteiger partial charge in [0.25, 0.3) is 5.91 Å². The van der Waals surface area contributed by atoms with Crippen molar-refractivity contribution in [1.29, 1.82) is 0 Å². The lowest BCUT2D eigenvalue weighted by Crippen LogP contribution is -2.52. The van der Waals surface area contributed by atoms with Crippen molar-refractivity contribution in [3.05, 3.63) is 30.2 Å². The summed E-state index contributed by atoms with van der Waals surface area (Å²) in [4.78, 5) is 27.8. The zero-order chi connectivity index (χ0) is 14.2. The topological polar surface area (TPSA) is 59.0 Å². The predicted molar refractivity (Wildman–Crippen MR) is 78.8 cm³/mol. The second-order valence-corrected chi connectivity index (χ2v) is 5.98. The second kappa shape index (κ2) is 5.06. The zero-order valence-electron chi connectivity index (χ0n) is 11.9. The van der Waals surface area contributed by atoms with E-state index in [1.54, 1.807) is 18.5 Å². The van der Waals surface area contributed by atoms with E-state index in [0.717, 1.165) is 31.2 Å². The number of carbonyl (C=O) groups excluding carboxylic acids is 1. The molecule has 2 aromatic heterocycles. The molecule has 1 amide bonds. The molecule has 0 aliphatic heterocycles. The molecule has 0 bridgehead atoms. The van der Waals surface area contributed by atoms with Crippen LogP contribution >= 0.6 is 0 Å². The summed E-state index contributed by atoms with van der Waals surface area (Å²) in [7, 11) is 0. The monoisotopic (exact) mass is 282 g/mol. The summed E-state index contributed by atoms with van der Waals surface area (Å²) >= 11 is 0. The van der Waals surface area contributed by atoms with Crippen LogP contribution in [0.5, 0.6) is 0 Å². The number of aromatic nitrogens is 3. The van der Waals surface area contributed by atoms with Gasteiger partial charge in [0.1, 0.15) is 11.2 Å². The Labute approximate surface area is 123 Å². The van der Waals surface area contributed by atoms with Crippen molar-refractivity contribution < 1.29 is 4.79 Å². The number of carbonyl (C=O) groups is 1. The van der Waals surface area contributed by atoms with Crippen LogP contribution in [-0.4, -0.2) is 37.8 Å². The third-order valence-corrected chi connectivity index (χ3v) is 4.72. The van der Waals surface area contributed by atoms with E-state index >= 15 is 0 Å². The third-order valence-electron chi connectivity index (χ3n) is 4.72. The number of amides is 1. The Bertz CT molecular complexity index is 665. The van der Waals surface area contributed by atoms with Gasteiger partial charge in [0, 0.05) is 24.5 Å². The molecule has 21 heavy (non-hydrogen) atoms. The fourth-order valence-corrected chi connectivity index (χ4v) is 3.07. The van der Waals surface area contributed by atoms with Crippen LogP contribution in [-0.2, 0) is 0 Å². The molecule has 0 unspecified atom stereocenters. The van der Waals surface area contributed by atoms with E-state index in [-0.39, 0.29) is 5.91 Å². The molecular formula is C16H18N4O. The van der Waals surface area contributed by atoms with Crippen LogP contribution in [0.4, 0.5) is 0 Å². The highest BCUT2D eigenvalue weighted by Crippen LogP contribution is 2.34. The van der Waals surface area contributed by atoms with E-state index < -0.39 is 0 Å².